The van der Waals surface area contributed by atoms with Gasteiger partial charge >= 0.3 is 6.03 Å². The first kappa shape index (κ1) is 24.8. The number of carbonyl (C=O) groups excluding carboxylic acids is 1. The van der Waals surface area contributed by atoms with Gasteiger partial charge in [0.15, 0.2) is 23.0 Å². The van der Waals surface area contributed by atoms with Crippen molar-refractivity contribution >= 4 is 28.5 Å². The van der Waals surface area contributed by atoms with Crippen molar-refractivity contribution in [2.24, 2.45) is 0 Å². The van der Waals surface area contributed by atoms with Crippen molar-refractivity contribution in [3.8, 4) is 22.9 Å². The van der Waals surface area contributed by atoms with Crippen molar-refractivity contribution in [2.75, 3.05) is 38.1 Å². The molecule has 2 amide bonds. The maximum atomic E-state index is 13.3. The average molecular weight is 499 g/mol. The number of aromatic nitrogens is 3. The Morgan fingerprint density at radius 3 is 2.64 bits per heavy atom. The van der Waals surface area contributed by atoms with E-state index in [2.05, 4.69) is 25.8 Å². The number of nitrogens with one attached hydrogen (secondary N) is 2. The Bertz CT molecular complexity index is 1370. The van der Waals surface area contributed by atoms with Crippen LogP contribution in [0.25, 0.3) is 22.3 Å². The minimum Gasteiger partial charge on any atom is -0.493 e. The number of anilines is 2. The van der Waals surface area contributed by atoms with Crippen LogP contribution >= 0.6 is 0 Å². The molecule has 0 aliphatic heterocycles. The highest BCUT2D eigenvalue weighted by Gasteiger charge is 2.29. The standard InChI is InChI=1S/C24H23F2N5O5/c1-24(25,26)20-12-21(36-31-20)30-23(32)28-16-6-4-5-14(9-16)22-27-13-15-10-18(34-3)19(11-17(15)29-22)35-8-7-33-2/h4-6,9-13H,7-8H2,1-3H3,(H2,28,30,32). The molecule has 36 heavy (non-hydrogen) atoms. The van der Waals surface area contributed by atoms with Gasteiger partial charge in [0.2, 0.25) is 5.88 Å². The second kappa shape index (κ2) is 10.5. The third-order valence-corrected chi connectivity index (χ3v) is 4.99. The van der Waals surface area contributed by atoms with Gasteiger partial charge in [0, 0.05) is 49.0 Å². The Morgan fingerprint density at radius 1 is 1.08 bits per heavy atom. The molecule has 0 aliphatic carbocycles. The van der Waals surface area contributed by atoms with Crippen molar-refractivity contribution in [3.63, 3.8) is 0 Å². The normalized spacial score (nSPS) is 11.4. The highest BCUT2D eigenvalue weighted by molar-refractivity contribution is 5.99. The molecule has 0 spiro atoms. The van der Waals surface area contributed by atoms with Gasteiger partial charge < -0.3 is 24.1 Å². The smallest absolute Gasteiger partial charge is 0.326 e. The molecule has 12 heteroatoms. The molecule has 0 atom stereocenters. The largest absolute Gasteiger partial charge is 0.493 e. The van der Waals surface area contributed by atoms with E-state index in [-0.39, 0.29) is 5.88 Å². The Hall–Kier alpha value is -4.32. The van der Waals surface area contributed by atoms with Crippen LogP contribution in [0.15, 0.2) is 53.2 Å². The van der Waals surface area contributed by atoms with E-state index < -0.39 is 17.6 Å². The van der Waals surface area contributed by atoms with Crippen LogP contribution in [0.4, 0.5) is 25.1 Å². The van der Waals surface area contributed by atoms with Gasteiger partial charge in [0.05, 0.1) is 19.2 Å². The molecule has 0 saturated heterocycles. The van der Waals surface area contributed by atoms with Crippen LogP contribution in [0.2, 0.25) is 0 Å². The van der Waals surface area contributed by atoms with Crippen molar-refractivity contribution in [3.05, 3.63) is 54.4 Å². The van der Waals surface area contributed by atoms with Gasteiger partial charge in [0.1, 0.15) is 6.61 Å². The summed E-state index contributed by atoms with van der Waals surface area (Å²) in [6, 6.07) is 10.6. The molecule has 10 nitrogen and oxygen atoms in total. The summed E-state index contributed by atoms with van der Waals surface area (Å²) >= 11 is 0. The van der Waals surface area contributed by atoms with Crippen LogP contribution in [0.1, 0.15) is 12.6 Å². The lowest BCUT2D eigenvalue weighted by atomic mass is 10.1. The summed E-state index contributed by atoms with van der Waals surface area (Å²) in [7, 11) is 3.14. The van der Waals surface area contributed by atoms with Crippen molar-refractivity contribution in [1.82, 2.24) is 15.1 Å². The van der Waals surface area contributed by atoms with Crippen LogP contribution in [0.3, 0.4) is 0 Å². The van der Waals surface area contributed by atoms with Crippen LogP contribution in [-0.4, -0.2) is 48.6 Å². The SMILES string of the molecule is COCCOc1cc2nc(-c3cccc(NC(=O)Nc4cc(C(C)(F)F)no4)c3)ncc2cc1OC. The van der Waals surface area contributed by atoms with E-state index in [0.29, 0.717) is 54.2 Å². The number of hydrogen-bond acceptors (Lipinski definition) is 8. The molecule has 2 heterocycles. The molecule has 188 valence electrons. The fraction of sp³-hybridized carbons (Fsp3) is 0.250. The number of nitrogens with zero attached hydrogens (tertiary/aromatic N) is 3. The minimum absolute atomic E-state index is 0.211. The quantitative estimate of drug-likeness (QED) is 0.306. The maximum Gasteiger partial charge on any atom is 0.326 e. The third-order valence-electron chi connectivity index (χ3n) is 4.99. The van der Waals surface area contributed by atoms with Gasteiger partial charge in [-0.25, -0.2) is 14.8 Å². The van der Waals surface area contributed by atoms with Crippen LogP contribution < -0.4 is 20.1 Å². The summed E-state index contributed by atoms with van der Waals surface area (Å²) in [6.45, 7) is 1.45. The Morgan fingerprint density at radius 2 is 1.92 bits per heavy atom. The van der Waals surface area contributed by atoms with Crippen molar-refractivity contribution < 1.29 is 32.3 Å². The van der Waals surface area contributed by atoms with Crippen LogP contribution in [0, 0.1) is 0 Å². The average Bonchev–Trinajstić information content (AvgIpc) is 3.32. The number of rotatable bonds is 9. The molecule has 0 unspecified atom stereocenters. The number of methoxy groups -OCH3 is 2. The van der Waals surface area contributed by atoms with Gasteiger partial charge in [-0.05, 0) is 18.2 Å². The molecule has 2 aromatic heterocycles. The molecule has 0 bridgehead atoms. The second-order valence-corrected chi connectivity index (χ2v) is 7.72. The number of carbonyl (C=O) groups is 1. The molecule has 0 saturated carbocycles. The molecule has 2 N–H and O–H groups in total. The van der Waals surface area contributed by atoms with Gasteiger partial charge in [-0.3, -0.25) is 5.32 Å². The molecule has 4 aromatic rings. The number of ether oxygens (including phenoxy) is 3. The number of halogens is 2. The lowest BCUT2D eigenvalue weighted by Gasteiger charge is -2.12. The van der Waals surface area contributed by atoms with Gasteiger partial charge in [-0.1, -0.05) is 17.3 Å². The number of benzene rings is 2. The summed E-state index contributed by atoms with van der Waals surface area (Å²) in [5, 5.41) is 8.95. The Labute approximate surface area is 204 Å². The molecule has 0 radical (unpaired) electrons. The number of fused-ring (bicyclic) bond motifs is 1. The predicted molar refractivity (Wildman–Crippen MR) is 128 cm³/mol. The Balaban J connectivity index is 1.52. The molecular formula is C24H23F2N5O5. The molecule has 0 aliphatic rings. The van der Waals surface area contributed by atoms with Crippen molar-refractivity contribution in [2.45, 2.75) is 12.8 Å². The predicted octanol–water partition coefficient (Wildman–Crippen LogP) is 5.07. The summed E-state index contributed by atoms with van der Waals surface area (Å²) in [6.07, 6.45) is 1.66. The third kappa shape index (κ3) is 5.84. The number of alkyl halides is 2. The number of hydrogen-bond donors (Lipinski definition) is 2. The van der Waals surface area contributed by atoms with E-state index in [1.807, 2.05) is 0 Å². The topological polar surface area (TPSA) is 121 Å². The highest BCUT2D eigenvalue weighted by atomic mass is 19.3. The second-order valence-electron chi connectivity index (χ2n) is 7.72. The molecule has 2 aromatic carbocycles. The van der Waals surface area contributed by atoms with Crippen molar-refractivity contribution in [1.29, 1.82) is 0 Å². The van der Waals surface area contributed by atoms with E-state index in [4.69, 9.17) is 18.7 Å². The summed E-state index contributed by atoms with van der Waals surface area (Å²) < 4.78 is 47.5. The highest BCUT2D eigenvalue weighted by Crippen LogP contribution is 2.32. The van der Waals surface area contributed by atoms with E-state index >= 15 is 0 Å². The maximum absolute atomic E-state index is 13.3. The van der Waals surface area contributed by atoms with Gasteiger partial charge in [-0.15, -0.1) is 0 Å². The summed E-state index contributed by atoms with van der Waals surface area (Å²) in [5.74, 6) is -1.90. The van der Waals surface area contributed by atoms with E-state index in [9.17, 15) is 13.6 Å². The zero-order chi connectivity index (χ0) is 25.7. The lowest BCUT2D eigenvalue weighted by Crippen LogP contribution is -2.19. The zero-order valence-corrected chi connectivity index (χ0v) is 19.7. The fourth-order valence-corrected chi connectivity index (χ4v) is 3.24. The number of urea groups is 1. The van der Waals surface area contributed by atoms with Gasteiger partial charge in [-0.2, -0.15) is 8.78 Å². The van der Waals surface area contributed by atoms with E-state index in [1.165, 1.54) is 0 Å². The molecule has 0 fully saturated rings. The van der Waals surface area contributed by atoms with E-state index in [1.54, 1.807) is 56.8 Å². The van der Waals surface area contributed by atoms with Crippen LogP contribution in [-0.2, 0) is 10.7 Å². The zero-order valence-electron chi connectivity index (χ0n) is 19.7. The minimum atomic E-state index is -3.18. The summed E-state index contributed by atoms with van der Waals surface area (Å²) in [4.78, 5) is 21.4. The first-order chi connectivity index (χ1) is 17.3. The fourth-order valence-electron chi connectivity index (χ4n) is 3.24. The first-order valence-electron chi connectivity index (χ1n) is 10.8. The van der Waals surface area contributed by atoms with Crippen LogP contribution in [0.5, 0.6) is 11.5 Å². The summed E-state index contributed by atoms with van der Waals surface area (Å²) in [5.41, 5.74) is 1.11. The first-order valence-corrected chi connectivity index (χ1v) is 10.8. The lowest BCUT2D eigenvalue weighted by molar-refractivity contribution is 0.00974. The van der Waals surface area contributed by atoms with E-state index in [0.717, 1.165) is 11.5 Å². The Kier molecular flexibility index (Phi) is 7.25. The molecule has 4 rings (SSSR count). The van der Waals surface area contributed by atoms with Gasteiger partial charge in [0.25, 0.3) is 5.92 Å². The monoisotopic (exact) mass is 499 g/mol. The molecular weight excluding hydrogens is 476 g/mol. The number of amides is 2.